The van der Waals surface area contributed by atoms with Crippen LogP contribution in [0.3, 0.4) is 0 Å². The van der Waals surface area contributed by atoms with Crippen LogP contribution in [0.15, 0.2) is 253 Å². The predicted octanol–water partition coefficient (Wildman–Crippen LogP) is 18.8. The average Bonchev–Trinajstić information content (AvgIpc) is 4.16. The number of anilines is 3. The maximum Gasteiger partial charge on any atom is 0.135 e. The van der Waals surface area contributed by atoms with E-state index in [1.807, 2.05) is 23.5 Å². The van der Waals surface area contributed by atoms with E-state index in [0.717, 1.165) is 61.3 Å². The Bertz CT molecular complexity index is 4060. The van der Waals surface area contributed by atoms with Gasteiger partial charge in [0.2, 0.25) is 0 Å². The Hall–Kier alpha value is -8.76. The van der Waals surface area contributed by atoms with E-state index < -0.39 is 5.41 Å². The molecule has 2 nitrogen and oxygen atoms in total. The first kappa shape index (κ1) is 39.3. The summed E-state index contributed by atoms with van der Waals surface area (Å²) in [6.07, 6.45) is 0. The molecule has 0 aliphatic heterocycles. The maximum absolute atomic E-state index is 6.28. The summed E-state index contributed by atoms with van der Waals surface area (Å²) in [4.78, 5) is 2.42. The van der Waals surface area contributed by atoms with Crippen LogP contribution in [0.4, 0.5) is 17.1 Å². The molecule has 0 saturated heterocycles. The first-order chi connectivity index (χ1) is 34.7. The third-order valence-electron chi connectivity index (χ3n) is 15.1. The molecule has 2 aromatic heterocycles. The van der Waals surface area contributed by atoms with Crippen molar-refractivity contribution in [1.82, 2.24) is 0 Å². The number of furan rings is 1. The third-order valence-corrected chi connectivity index (χ3v) is 16.2. The van der Waals surface area contributed by atoms with Crippen LogP contribution in [0.2, 0.25) is 0 Å². The number of hydrogen-bond donors (Lipinski definition) is 0. The van der Waals surface area contributed by atoms with Crippen molar-refractivity contribution in [3.8, 4) is 55.6 Å². The molecule has 0 fully saturated rings. The fraction of sp³-hybridized carbons (Fsp3) is 0.0149. The smallest absolute Gasteiger partial charge is 0.135 e. The van der Waals surface area contributed by atoms with Gasteiger partial charge in [-0.2, -0.15) is 0 Å². The van der Waals surface area contributed by atoms with E-state index in [-0.39, 0.29) is 0 Å². The molecule has 11 aromatic carbocycles. The number of benzene rings is 11. The normalized spacial score (nSPS) is 13.0. The molecule has 2 aliphatic carbocycles. The van der Waals surface area contributed by atoms with Gasteiger partial charge in [0.15, 0.2) is 0 Å². The van der Waals surface area contributed by atoms with Crippen LogP contribution >= 0.6 is 11.3 Å². The van der Waals surface area contributed by atoms with Gasteiger partial charge in [0.1, 0.15) is 11.2 Å². The minimum Gasteiger partial charge on any atom is -0.456 e. The molecule has 70 heavy (non-hydrogen) atoms. The van der Waals surface area contributed by atoms with Gasteiger partial charge in [-0.1, -0.05) is 158 Å². The van der Waals surface area contributed by atoms with Gasteiger partial charge in [0.05, 0.1) is 5.41 Å². The molecule has 0 bridgehead atoms. The standard InChI is InChI=1S/C67H41NOS/c1-2-14-48(15-3-1)68(50-32-33-54-53-18-6-11-23-61(53)67(62(54)41-50)59-21-9-4-16-51(59)52-17-5-10-22-60(52)67)49-30-26-42(27-31-49)45-36-46(43-28-34-64-57(39-43)55-19-7-12-24-63(55)69-64)38-47(37-45)44-29-35-66-58(40-44)56-20-8-13-25-65(56)70-66/h1-41H. The van der Waals surface area contributed by atoms with Crippen molar-refractivity contribution in [2.24, 2.45) is 0 Å². The van der Waals surface area contributed by atoms with Crippen LogP contribution in [0.25, 0.3) is 97.7 Å². The molecule has 0 unspecified atom stereocenters. The zero-order chi connectivity index (χ0) is 45.9. The van der Waals surface area contributed by atoms with Crippen LogP contribution in [0.5, 0.6) is 0 Å². The second-order valence-electron chi connectivity index (χ2n) is 18.8. The lowest BCUT2D eigenvalue weighted by molar-refractivity contribution is 0.669. The van der Waals surface area contributed by atoms with Crippen molar-refractivity contribution in [2.75, 3.05) is 4.90 Å². The summed E-state index contributed by atoms with van der Waals surface area (Å²) in [5, 5.41) is 4.85. The minimum atomic E-state index is -0.430. The minimum absolute atomic E-state index is 0.430. The van der Waals surface area contributed by atoms with Crippen molar-refractivity contribution < 1.29 is 4.42 Å². The van der Waals surface area contributed by atoms with Gasteiger partial charge in [-0.15, -0.1) is 11.3 Å². The molecule has 0 radical (unpaired) electrons. The summed E-state index contributed by atoms with van der Waals surface area (Å²) in [6, 6.07) is 92.0. The number of thiophene rings is 1. The number of hydrogen-bond acceptors (Lipinski definition) is 3. The molecule has 0 N–H and O–H groups in total. The summed E-state index contributed by atoms with van der Waals surface area (Å²) in [5.41, 5.74) is 22.3. The molecule has 1 spiro atoms. The van der Waals surface area contributed by atoms with Crippen molar-refractivity contribution >= 4 is 70.5 Å². The van der Waals surface area contributed by atoms with Gasteiger partial charge in [-0.3, -0.25) is 0 Å². The van der Waals surface area contributed by atoms with Gasteiger partial charge in [-0.05, 0) is 169 Å². The summed E-state index contributed by atoms with van der Waals surface area (Å²) in [7, 11) is 0. The summed E-state index contributed by atoms with van der Waals surface area (Å²) >= 11 is 1.86. The van der Waals surface area contributed by atoms with E-state index in [1.54, 1.807) is 0 Å². The van der Waals surface area contributed by atoms with Crippen LogP contribution in [-0.4, -0.2) is 0 Å². The zero-order valence-corrected chi connectivity index (χ0v) is 38.8. The second kappa shape index (κ2) is 15.1. The SMILES string of the molecule is c1ccc(N(c2ccc(-c3cc(-c4ccc5oc6ccccc6c5c4)cc(-c4ccc5sc6ccccc6c5c4)c3)cc2)c2ccc3c(c2)C2(c4ccccc4-c4ccccc42)c2ccccc2-3)cc1. The van der Waals surface area contributed by atoms with Crippen LogP contribution < -0.4 is 4.90 Å². The van der Waals surface area contributed by atoms with Gasteiger partial charge >= 0.3 is 0 Å². The predicted molar refractivity (Wildman–Crippen MR) is 294 cm³/mol. The first-order valence-corrected chi connectivity index (χ1v) is 24.9. The van der Waals surface area contributed by atoms with E-state index >= 15 is 0 Å². The number of rotatable bonds is 6. The molecule has 13 aromatic rings. The molecular weight excluding hydrogens is 867 g/mol. The van der Waals surface area contributed by atoms with Gasteiger partial charge in [-0.25, -0.2) is 0 Å². The highest BCUT2D eigenvalue weighted by Gasteiger charge is 2.51. The monoisotopic (exact) mass is 907 g/mol. The Morgan fingerprint density at radius 1 is 0.286 bits per heavy atom. The van der Waals surface area contributed by atoms with Crippen molar-refractivity contribution in [3.63, 3.8) is 0 Å². The highest BCUT2D eigenvalue weighted by atomic mass is 32.1. The van der Waals surface area contributed by atoms with Crippen molar-refractivity contribution in [1.29, 1.82) is 0 Å². The fourth-order valence-corrected chi connectivity index (χ4v) is 13.1. The number of fused-ring (bicyclic) bond motifs is 16. The molecule has 326 valence electrons. The zero-order valence-electron chi connectivity index (χ0n) is 37.9. The van der Waals surface area contributed by atoms with Gasteiger partial charge in [0.25, 0.3) is 0 Å². The summed E-state index contributed by atoms with van der Waals surface area (Å²) in [6.45, 7) is 0. The summed E-state index contributed by atoms with van der Waals surface area (Å²) in [5.74, 6) is 0. The Labute approximate surface area is 409 Å². The van der Waals surface area contributed by atoms with E-state index in [2.05, 4.69) is 241 Å². The molecule has 0 amide bonds. The molecule has 0 atom stereocenters. The lowest BCUT2D eigenvalue weighted by Crippen LogP contribution is -2.26. The lowest BCUT2D eigenvalue weighted by Gasteiger charge is -2.32. The van der Waals surface area contributed by atoms with Crippen molar-refractivity contribution in [3.05, 3.63) is 271 Å². The molecule has 15 rings (SSSR count). The Morgan fingerprint density at radius 2 is 0.771 bits per heavy atom. The van der Waals surface area contributed by atoms with Gasteiger partial charge in [0, 0.05) is 48.0 Å². The largest absolute Gasteiger partial charge is 0.456 e. The van der Waals surface area contributed by atoms with E-state index in [0.29, 0.717) is 0 Å². The second-order valence-corrected chi connectivity index (χ2v) is 19.8. The topological polar surface area (TPSA) is 16.4 Å². The Balaban J connectivity index is 0.882. The molecule has 0 saturated carbocycles. The van der Waals surface area contributed by atoms with Crippen LogP contribution in [0.1, 0.15) is 22.3 Å². The maximum atomic E-state index is 6.28. The summed E-state index contributed by atoms with van der Waals surface area (Å²) < 4.78 is 8.89. The molecule has 2 aliphatic rings. The Kier molecular flexibility index (Phi) is 8.48. The number of nitrogens with zero attached hydrogens (tertiary/aromatic N) is 1. The quantitative estimate of drug-likeness (QED) is 0.165. The van der Waals surface area contributed by atoms with E-state index in [1.165, 1.54) is 75.8 Å². The average molecular weight is 908 g/mol. The lowest BCUT2D eigenvalue weighted by atomic mass is 9.70. The van der Waals surface area contributed by atoms with E-state index in [4.69, 9.17) is 4.42 Å². The number of para-hydroxylation sites is 2. The first-order valence-electron chi connectivity index (χ1n) is 24.1. The molecule has 3 heteroatoms. The van der Waals surface area contributed by atoms with Crippen molar-refractivity contribution in [2.45, 2.75) is 5.41 Å². The van der Waals surface area contributed by atoms with Crippen LogP contribution in [0, 0.1) is 0 Å². The molecule has 2 heterocycles. The van der Waals surface area contributed by atoms with Crippen LogP contribution in [-0.2, 0) is 5.41 Å². The van der Waals surface area contributed by atoms with E-state index in [9.17, 15) is 0 Å². The fourth-order valence-electron chi connectivity index (χ4n) is 12.0. The van der Waals surface area contributed by atoms with Gasteiger partial charge < -0.3 is 9.32 Å². The third kappa shape index (κ3) is 5.73. The Morgan fingerprint density at radius 3 is 1.47 bits per heavy atom. The highest BCUT2D eigenvalue weighted by molar-refractivity contribution is 7.25. The highest BCUT2D eigenvalue weighted by Crippen LogP contribution is 2.63. The molecular formula is C67H41NOS.